The lowest BCUT2D eigenvalue weighted by atomic mass is 10.0. The Morgan fingerprint density at radius 2 is 2.15 bits per heavy atom. The van der Waals surface area contributed by atoms with Crippen LogP contribution in [0.15, 0.2) is 30.3 Å². The van der Waals surface area contributed by atoms with Gasteiger partial charge in [0, 0.05) is 11.1 Å². The first-order chi connectivity index (χ1) is 9.52. The van der Waals surface area contributed by atoms with Gasteiger partial charge in [0.25, 0.3) is 0 Å². The second-order valence-electron chi connectivity index (χ2n) is 4.50. The van der Waals surface area contributed by atoms with Crippen molar-refractivity contribution in [3.8, 4) is 0 Å². The second kappa shape index (κ2) is 5.96. The zero-order chi connectivity index (χ0) is 14.7. The zero-order valence-electron chi connectivity index (χ0n) is 11.3. The van der Waals surface area contributed by atoms with Crippen molar-refractivity contribution in [2.75, 3.05) is 6.61 Å². The number of aliphatic hydroxyl groups excluding tert-OH is 1. The Balaban J connectivity index is 2.28. The van der Waals surface area contributed by atoms with Crippen molar-refractivity contribution < 1.29 is 19.0 Å². The van der Waals surface area contributed by atoms with Gasteiger partial charge in [-0.1, -0.05) is 12.1 Å². The third kappa shape index (κ3) is 2.93. The molecule has 2 unspecified atom stereocenters. The number of esters is 1. The minimum atomic E-state index is -2.09. The number of aliphatic hydroxyl groups is 1. The number of fused-ring (bicyclic) bond motifs is 1. The fraction of sp³-hybridized carbons (Fsp3) is 0.333. The Labute approximate surface area is 116 Å². The summed E-state index contributed by atoms with van der Waals surface area (Å²) in [5.74, 6) is -1.05. The summed E-state index contributed by atoms with van der Waals surface area (Å²) >= 11 is 0. The number of halogens is 1. The number of pyridine rings is 1. The Kier molecular flexibility index (Phi) is 4.29. The van der Waals surface area contributed by atoms with Gasteiger partial charge in [-0.25, -0.2) is 9.18 Å². The van der Waals surface area contributed by atoms with E-state index < -0.39 is 18.2 Å². The van der Waals surface area contributed by atoms with Gasteiger partial charge in [-0.3, -0.25) is 4.98 Å². The smallest absolute Gasteiger partial charge is 0.343 e. The van der Waals surface area contributed by atoms with E-state index in [0.29, 0.717) is 5.56 Å². The molecule has 2 rings (SSSR count). The standard InChI is InChI=1S/C15H16FNO3/c1-3-20-15(19)13(16)14(18)11-6-7-12-10(8-11)5-4-9(2)17-12/h4-8,13-14,18H,3H2,1-2H3. The summed E-state index contributed by atoms with van der Waals surface area (Å²) in [4.78, 5) is 15.6. The average molecular weight is 277 g/mol. The third-order valence-corrected chi connectivity index (χ3v) is 2.98. The van der Waals surface area contributed by atoms with Crippen LogP contribution < -0.4 is 0 Å². The fourth-order valence-corrected chi connectivity index (χ4v) is 1.95. The Bertz CT molecular complexity index is 630. The Morgan fingerprint density at radius 1 is 1.40 bits per heavy atom. The highest BCUT2D eigenvalue weighted by molar-refractivity contribution is 5.80. The number of nitrogens with zero attached hydrogens (tertiary/aromatic N) is 1. The maximum Gasteiger partial charge on any atom is 0.343 e. The molecule has 1 aromatic heterocycles. The molecule has 2 atom stereocenters. The van der Waals surface area contributed by atoms with E-state index in [2.05, 4.69) is 9.72 Å². The van der Waals surface area contributed by atoms with Crippen molar-refractivity contribution in [3.05, 3.63) is 41.6 Å². The number of ether oxygens (including phenoxy) is 1. The molecule has 2 aromatic rings. The van der Waals surface area contributed by atoms with Gasteiger partial charge in [0.15, 0.2) is 0 Å². The molecule has 0 bridgehead atoms. The molecule has 1 heterocycles. The molecular weight excluding hydrogens is 261 g/mol. The van der Waals surface area contributed by atoms with Crippen molar-refractivity contribution in [1.82, 2.24) is 4.98 Å². The molecular formula is C15H16FNO3. The lowest BCUT2D eigenvalue weighted by Gasteiger charge is -2.15. The van der Waals surface area contributed by atoms with Gasteiger partial charge in [-0.2, -0.15) is 0 Å². The number of benzene rings is 1. The Hall–Kier alpha value is -2.01. The normalized spacial score (nSPS) is 14.0. The lowest BCUT2D eigenvalue weighted by Crippen LogP contribution is -2.26. The van der Waals surface area contributed by atoms with Crippen molar-refractivity contribution in [2.24, 2.45) is 0 Å². The molecule has 1 N–H and O–H groups in total. The first-order valence-corrected chi connectivity index (χ1v) is 6.39. The van der Waals surface area contributed by atoms with Gasteiger partial charge < -0.3 is 9.84 Å². The van der Waals surface area contributed by atoms with Crippen LogP contribution in [0.1, 0.15) is 24.3 Å². The maximum absolute atomic E-state index is 13.8. The van der Waals surface area contributed by atoms with Gasteiger partial charge in [0.05, 0.1) is 12.1 Å². The molecule has 0 radical (unpaired) electrons. The molecule has 0 amide bonds. The Morgan fingerprint density at radius 3 is 2.85 bits per heavy atom. The van der Waals surface area contributed by atoms with Gasteiger partial charge >= 0.3 is 5.97 Å². The fourth-order valence-electron chi connectivity index (χ4n) is 1.95. The largest absolute Gasteiger partial charge is 0.464 e. The molecule has 4 nitrogen and oxygen atoms in total. The van der Waals surface area contributed by atoms with Crippen molar-refractivity contribution in [2.45, 2.75) is 26.1 Å². The summed E-state index contributed by atoms with van der Waals surface area (Å²) in [6.45, 7) is 3.54. The van der Waals surface area contributed by atoms with E-state index in [4.69, 9.17) is 0 Å². The summed E-state index contributed by atoms with van der Waals surface area (Å²) in [6, 6.07) is 8.55. The summed E-state index contributed by atoms with van der Waals surface area (Å²) in [5.41, 5.74) is 1.96. The molecule has 5 heteroatoms. The van der Waals surface area contributed by atoms with Crippen LogP contribution in [0.25, 0.3) is 10.9 Å². The van der Waals surface area contributed by atoms with Gasteiger partial charge in [-0.05, 0) is 37.6 Å². The van der Waals surface area contributed by atoms with Crippen LogP contribution in [0.5, 0.6) is 0 Å². The van der Waals surface area contributed by atoms with Crippen molar-refractivity contribution in [1.29, 1.82) is 0 Å². The molecule has 1 aromatic carbocycles. The number of carbonyl (C=O) groups excluding carboxylic acids is 1. The van der Waals surface area contributed by atoms with E-state index in [9.17, 15) is 14.3 Å². The first-order valence-electron chi connectivity index (χ1n) is 6.39. The van der Waals surface area contributed by atoms with Gasteiger partial charge in [0.1, 0.15) is 6.10 Å². The SMILES string of the molecule is CCOC(=O)C(F)C(O)c1ccc2nc(C)ccc2c1. The summed E-state index contributed by atoms with van der Waals surface area (Å²) in [6.07, 6.45) is -3.63. The van der Waals surface area contributed by atoms with Crippen LogP contribution in [-0.2, 0) is 9.53 Å². The molecule has 0 spiro atoms. The quantitative estimate of drug-likeness (QED) is 0.872. The number of carbonyl (C=O) groups is 1. The monoisotopic (exact) mass is 277 g/mol. The number of hydrogen-bond acceptors (Lipinski definition) is 4. The van der Waals surface area contributed by atoms with Gasteiger partial charge in [-0.15, -0.1) is 0 Å². The van der Waals surface area contributed by atoms with Crippen LogP contribution in [-0.4, -0.2) is 28.8 Å². The third-order valence-electron chi connectivity index (χ3n) is 2.98. The molecule has 0 aliphatic rings. The first kappa shape index (κ1) is 14.4. The molecule has 0 aliphatic heterocycles. The number of aryl methyl sites for hydroxylation is 1. The summed E-state index contributed by atoms with van der Waals surface area (Å²) < 4.78 is 18.3. The van der Waals surface area contributed by atoms with Gasteiger partial charge in [0.2, 0.25) is 6.17 Å². The number of alkyl halides is 1. The summed E-state index contributed by atoms with van der Waals surface area (Å²) in [5, 5.41) is 10.7. The van der Waals surface area contributed by atoms with Crippen LogP contribution >= 0.6 is 0 Å². The molecule has 0 fully saturated rings. The second-order valence-corrected chi connectivity index (χ2v) is 4.50. The molecule has 0 aliphatic carbocycles. The highest BCUT2D eigenvalue weighted by atomic mass is 19.1. The van der Waals surface area contributed by atoms with Crippen LogP contribution in [0.3, 0.4) is 0 Å². The number of aromatic nitrogens is 1. The maximum atomic E-state index is 13.8. The van der Waals surface area contributed by atoms with E-state index in [1.807, 2.05) is 19.1 Å². The lowest BCUT2D eigenvalue weighted by molar-refractivity contribution is -0.153. The molecule has 106 valence electrons. The van der Waals surface area contributed by atoms with Crippen LogP contribution in [0.2, 0.25) is 0 Å². The van der Waals surface area contributed by atoms with E-state index in [0.717, 1.165) is 16.6 Å². The van der Waals surface area contributed by atoms with Crippen LogP contribution in [0, 0.1) is 6.92 Å². The topological polar surface area (TPSA) is 59.4 Å². The van der Waals surface area contributed by atoms with E-state index in [1.165, 1.54) is 0 Å². The van der Waals surface area contributed by atoms with E-state index >= 15 is 0 Å². The summed E-state index contributed by atoms with van der Waals surface area (Å²) in [7, 11) is 0. The molecule has 0 saturated carbocycles. The van der Waals surface area contributed by atoms with Crippen LogP contribution in [0.4, 0.5) is 4.39 Å². The minimum Gasteiger partial charge on any atom is -0.464 e. The highest BCUT2D eigenvalue weighted by Gasteiger charge is 2.29. The zero-order valence-corrected chi connectivity index (χ0v) is 11.3. The van der Waals surface area contributed by atoms with E-state index in [1.54, 1.807) is 25.1 Å². The average Bonchev–Trinajstić information content (AvgIpc) is 2.45. The predicted molar refractivity (Wildman–Crippen MR) is 73.0 cm³/mol. The van der Waals surface area contributed by atoms with Crippen molar-refractivity contribution in [3.63, 3.8) is 0 Å². The minimum absolute atomic E-state index is 0.0763. The number of hydrogen-bond donors (Lipinski definition) is 1. The van der Waals surface area contributed by atoms with E-state index in [-0.39, 0.29) is 6.61 Å². The highest BCUT2D eigenvalue weighted by Crippen LogP contribution is 2.24. The molecule has 0 saturated heterocycles. The number of rotatable bonds is 4. The molecule has 20 heavy (non-hydrogen) atoms. The predicted octanol–water partition coefficient (Wildman–Crippen LogP) is 2.48. The van der Waals surface area contributed by atoms with Crippen molar-refractivity contribution >= 4 is 16.9 Å².